The molecular formula is C12H19N3O2. The van der Waals surface area contributed by atoms with Gasteiger partial charge in [0, 0.05) is 13.1 Å². The maximum absolute atomic E-state index is 12.2. The molecule has 1 aromatic rings. The van der Waals surface area contributed by atoms with Crippen LogP contribution < -0.4 is 5.32 Å². The van der Waals surface area contributed by atoms with Crippen LogP contribution in [0.1, 0.15) is 29.0 Å². The smallest absolute Gasteiger partial charge is 0.259 e. The highest BCUT2D eigenvalue weighted by Crippen LogP contribution is 2.19. The topological polar surface area (TPSA) is 58.4 Å². The number of likely N-dealkylation sites (tertiary alicyclic amines) is 1. The molecule has 1 fully saturated rings. The summed E-state index contributed by atoms with van der Waals surface area (Å²) in [6.45, 7) is 4.47. The number of carbonyl (C=O) groups is 1. The minimum Gasteiger partial charge on any atom is -0.361 e. The van der Waals surface area contributed by atoms with Gasteiger partial charge in [-0.15, -0.1) is 0 Å². The molecule has 1 N–H and O–H groups in total. The van der Waals surface area contributed by atoms with E-state index in [2.05, 4.69) is 10.5 Å². The van der Waals surface area contributed by atoms with E-state index < -0.39 is 0 Å². The summed E-state index contributed by atoms with van der Waals surface area (Å²) in [5.74, 6) is 1.34. The Balaban J connectivity index is 1.93. The van der Waals surface area contributed by atoms with Gasteiger partial charge in [-0.1, -0.05) is 5.16 Å². The molecule has 2 heterocycles. The molecular weight excluding hydrogens is 218 g/mol. The molecule has 17 heavy (non-hydrogen) atoms. The Labute approximate surface area is 101 Å². The van der Waals surface area contributed by atoms with Crippen molar-refractivity contribution in [3.05, 3.63) is 17.5 Å². The molecule has 1 saturated heterocycles. The van der Waals surface area contributed by atoms with Crippen molar-refractivity contribution in [2.75, 3.05) is 26.7 Å². The van der Waals surface area contributed by atoms with Crippen molar-refractivity contribution < 1.29 is 9.32 Å². The number of amides is 1. The highest BCUT2D eigenvalue weighted by molar-refractivity contribution is 5.94. The number of nitrogens with zero attached hydrogens (tertiary/aromatic N) is 2. The van der Waals surface area contributed by atoms with Gasteiger partial charge < -0.3 is 14.7 Å². The Morgan fingerprint density at radius 2 is 2.29 bits per heavy atom. The Morgan fingerprint density at radius 1 is 1.59 bits per heavy atom. The van der Waals surface area contributed by atoms with E-state index in [1.807, 2.05) is 11.9 Å². The van der Waals surface area contributed by atoms with Crippen LogP contribution in [0.25, 0.3) is 0 Å². The van der Waals surface area contributed by atoms with Crippen molar-refractivity contribution >= 4 is 5.91 Å². The van der Waals surface area contributed by atoms with E-state index in [0.717, 1.165) is 32.5 Å². The number of hydrogen-bond acceptors (Lipinski definition) is 4. The number of hydrogen-bond donors (Lipinski definition) is 1. The third-order valence-electron chi connectivity index (χ3n) is 3.38. The minimum absolute atomic E-state index is 0.0478. The lowest BCUT2D eigenvalue weighted by Gasteiger charge is -2.31. The van der Waals surface area contributed by atoms with Gasteiger partial charge >= 0.3 is 0 Å². The van der Waals surface area contributed by atoms with Gasteiger partial charge in [-0.05, 0) is 39.3 Å². The summed E-state index contributed by atoms with van der Waals surface area (Å²) < 4.78 is 4.93. The van der Waals surface area contributed by atoms with Crippen molar-refractivity contribution in [3.8, 4) is 0 Å². The molecule has 0 aliphatic carbocycles. The van der Waals surface area contributed by atoms with E-state index in [0.29, 0.717) is 17.2 Å². The number of aromatic nitrogens is 1. The molecule has 1 aliphatic heterocycles. The van der Waals surface area contributed by atoms with Crippen LogP contribution >= 0.6 is 0 Å². The van der Waals surface area contributed by atoms with Crippen molar-refractivity contribution in [2.45, 2.75) is 19.8 Å². The van der Waals surface area contributed by atoms with Gasteiger partial charge in [0.1, 0.15) is 11.3 Å². The van der Waals surface area contributed by atoms with Crippen molar-refractivity contribution in [1.82, 2.24) is 15.4 Å². The van der Waals surface area contributed by atoms with E-state index >= 15 is 0 Å². The molecule has 0 aromatic carbocycles. The fraction of sp³-hybridized carbons (Fsp3) is 0.667. The fourth-order valence-corrected chi connectivity index (χ4v) is 2.30. The van der Waals surface area contributed by atoms with E-state index in [9.17, 15) is 4.79 Å². The van der Waals surface area contributed by atoms with E-state index in [1.54, 1.807) is 6.92 Å². The molecule has 2 rings (SSSR count). The molecule has 94 valence electrons. The monoisotopic (exact) mass is 237 g/mol. The van der Waals surface area contributed by atoms with Gasteiger partial charge in [0.05, 0.1) is 6.20 Å². The highest BCUT2D eigenvalue weighted by atomic mass is 16.5. The number of piperidine rings is 1. The maximum Gasteiger partial charge on any atom is 0.259 e. The minimum atomic E-state index is 0.0478. The van der Waals surface area contributed by atoms with Gasteiger partial charge in [0.25, 0.3) is 5.91 Å². The number of rotatable bonds is 3. The van der Waals surface area contributed by atoms with E-state index in [4.69, 9.17) is 4.52 Å². The molecule has 0 saturated carbocycles. The van der Waals surface area contributed by atoms with E-state index in [1.165, 1.54) is 6.20 Å². The predicted molar refractivity (Wildman–Crippen MR) is 63.8 cm³/mol. The van der Waals surface area contributed by atoms with Crippen molar-refractivity contribution in [2.24, 2.45) is 5.92 Å². The van der Waals surface area contributed by atoms with E-state index in [-0.39, 0.29) is 5.91 Å². The van der Waals surface area contributed by atoms with Crippen LogP contribution in [0.3, 0.4) is 0 Å². The first-order valence-electron chi connectivity index (χ1n) is 6.07. The molecule has 0 radical (unpaired) electrons. The maximum atomic E-state index is 12.2. The standard InChI is InChI=1S/C12H19N3O2/c1-9-11(8-14-17-9)12(16)15-5-3-10(4-6-15)7-13-2/h8,10,13H,3-7H2,1-2H3. The van der Waals surface area contributed by atoms with Gasteiger partial charge in [-0.2, -0.15) is 0 Å². The normalized spacial score (nSPS) is 17.4. The number of nitrogens with one attached hydrogen (secondary N) is 1. The molecule has 5 heteroatoms. The van der Waals surface area contributed by atoms with Gasteiger partial charge in [0.2, 0.25) is 0 Å². The lowest BCUT2D eigenvalue weighted by molar-refractivity contribution is 0.0689. The molecule has 1 aromatic heterocycles. The summed E-state index contributed by atoms with van der Waals surface area (Å²) in [5.41, 5.74) is 0.595. The Hall–Kier alpha value is -1.36. The molecule has 1 amide bonds. The molecule has 0 atom stereocenters. The third-order valence-corrected chi connectivity index (χ3v) is 3.38. The van der Waals surface area contributed by atoms with Crippen LogP contribution in [0.15, 0.2) is 10.7 Å². The number of aryl methyl sites for hydroxylation is 1. The zero-order chi connectivity index (χ0) is 12.3. The second-order valence-electron chi connectivity index (χ2n) is 4.59. The molecule has 0 unspecified atom stereocenters. The van der Waals surface area contributed by atoms with Gasteiger partial charge in [-0.25, -0.2) is 0 Å². The second kappa shape index (κ2) is 5.31. The highest BCUT2D eigenvalue weighted by Gasteiger charge is 2.25. The van der Waals surface area contributed by atoms with Crippen LogP contribution in [-0.2, 0) is 0 Å². The SMILES string of the molecule is CNCC1CCN(C(=O)c2cnoc2C)CC1. The largest absolute Gasteiger partial charge is 0.361 e. The Kier molecular flexibility index (Phi) is 3.78. The Morgan fingerprint density at radius 3 is 2.82 bits per heavy atom. The van der Waals surface area contributed by atoms with Gasteiger partial charge in [0.15, 0.2) is 0 Å². The average Bonchev–Trinajstić information content (AvgIpc) is 2.76. The van der Waals surface area contributed by atoms with Crippen LogP contribution in [0.4, 0.5) is 0 Å². The van der Waals surface area contributed by atoms with Crippen LogP contribution in [0.2, 0.25) is 0 Å². The summed E-state index contributed by atoms with van der Waals surface area (Å²) in [7, 11) is 1.97. The third kappa shape index (κ3) is 2.66. The lowest BCUT2D eigenvalue weighted by Crippen LogP contribution is -2.40. The summed E-state index contributed by atoms with van der Waals surface area (Å²) >= 11 is 0. The zero-order valence-electron chi connectivity index (χ0n) is 10.4. The van der Waals surface area contributed by atoms with Crippen LogP contribution in [-0.4, -0.2) is 42.6 Å². The summed E-state index contributed by atoms with van der Waals surface area (Å²) in [5, 5.41) is 6.84. The zero-order valence-corrected chi connectivity index (χ0v) is 10.4. The van der Waals surface area contributed by atoms with Crippen LogP contribution in [0, 0.1) is 12.8 Å². The second-order valence-corrected chi connectivity index (χ2v) is 4.59. The molecule has 5 nitrogen and oxygen atoms in total. The quantitative estimate of drug-likeness (QED) is 0.854. The van der Waals surface area contributed by atoms with Crippen molar-refractivity contribution in [1.29, 1.82) is 0 Å². The van der Waals surface area contributed by atoms with Crippen LogP contribution in [0.5, 0.6) is 0 Å². The van der Waals surface area contributed by atoms with Gasteiger partial charge in [-0.3, -0.25) is 4.79 Å². The summed E-state index contributed by atoms with van der Waals surface area (Å²) in [6.07, 6.45) is 3.64. The lowest BCUT2D eigenvalue weighted by atomic mass is 9.96. The molecule has 1 aliphatic rings. The summed E-state index contributed by atoms with van der Waals surface area (Å²) in [4.78, 5) is 14.1. The first-order chi connectivity index (χ1) is 8.22. The van der Waals surface area contributed by atoms with Crippen molar-refractivity contribution in [3.63, 3.8) is 0 Å². The molecule has 0 spiro atoms. The average molecular weight is 237 g/mol. The first kappa shape index (κ1) is 12.1. The number of carbonyl (C=O) groups excluding carboxylic acids is 1. The first-order valence-corrected chi connectivity index (χ1v) is 6.07. The Bertz CT molecular complexity index is 381. The molecule has 0 bridgehead atoms. The predicted octanol–water partition coefficient (Wildman–Crippen LogP) is 1.05. The summed E-state index contributed by atoms with van der Waals surface area (Å²) in [6, 6.07) is 0. The fourth-order valence-electron chi connectivity index (χ4n) is 2.30.